The van der Waals surface area contributed by atoms with Crippen LogP contribution in [0, 0.1) is 20.8 Å². The lowest BCUT2D eigenvalue weighted by Gasteiger charge is -2.13. The molecule has 0 aliphatic rings. The first-order valence-electron chi connectivity index (χ1n) is 9.01. The average Bonchev–Trinajstić information content (AvgIpc) is 2.96. The second-order valence-corrected chi connectivity index (χ2v) is 7.45. The van der Waals surface area contributed by atoms with Crippen molar-refractivity contribution in [2.45, 2.75) is 20.8 Å². The Morgan fingerprint density at radius 2 is 1.90 bits per heavy atom. The summed E-state index contributed by atoms with van der Waals surface area (Å²) in [7, 11) is 0. The molecule has 0 bridgehead atoms. The van der Waals surface area contributed by atoms with Gasteiger partial charge in [0.15, 0.2) is 6.61 Å². The lowest BCUT2D eigenvalue weighted by Crippen LogP contribution is -2.24. The fraction of sp³-hybridized carbons (Fsp3) is 0.182. The molecule has 0 aliphatic carbocycles. The number of nitrogens with zero attached hydrogens (tertiary/aromatic N) is 2. The molecule has 29 heavy (non-hydrogen) atoms. The number of nitrogens with one attached hydrogen (secondary N) is 1. The van der Waals surface area contributed by atoms with Crippen molar-refractivity contribution in [2.24, 2.45) is 5.10 Å². The van der Waals surface area contributed by atoms with Crippen molar-refractivity contribution in [3.63, 3.8) is 0 Å². The second-order valence-electron chi connectivity index (χ2n) is 6.60. The third-order valence-corrected chi connectivity index (χ3v) is 5.02. The number of ether oxygens (including phenoxy) is 1. The first kappa shape index (κ1) is 21.0. The zero-order chi connectivity index (χ0) is 21.0. The first-order chi connectivity index (χ1) is 13.9. The van der Waals surface area contributed by atoms with Crippen LogP contribution in [0.3, 0.4) is 0 Å². The lowest BCUT2D eigenvalue weighted by molar-refractivity contribution is -0.123. The highest BCUT2D eigenvalue weighted by Gasteiger charge is 2.12. The molecular formula is C22H21Cl2N3O2. The number of hydrazone groups is 1. The standard InChI is InChI=1S/C22H21Cl2N3O2/c1-14-8-9-18(23)11-20(14)27-15(2)10-17(16(27)3)12-25-26-22(28)13-29-21-7-5-4-6-19(21)24/h4-12H,13H2,1-3H3,(H,26,28)/b25-12-. The quantitative estimate of drug-likeness (QED) is 0.430. The number of aryl methyl sites for hydroxylation is 2. The van der Waals surface area contributed by atoms with Gasteiger partial charge in [-0.05, 0) is 56.7 Å². The Morgan fingerprint density at radius 1 is 1.14 bits per heavy atom. The average molecular weight is 430 g/mol. The molecule has 0 atom stereocenters. The van der Waals surface area contributed by atoms with Crippen LogP contribution in [-0.2, 0) is 4.79 Å². The molecule has 0 radical (unpaired) electrons. The van der Waals surface area contributed by atoms with E-state index >= 15 is 0 Å². The predicted molar refractivity (Wildman–Crippen MR) is 118 cm³/mol. The number of para-hydroxylation sites is 1. The van der Waals surface area contributed by atoms with Crippen LogP contribution in [0.2, 0.25) is 10.0 Å². The number of carbonyl (C=O) groups excluding carboxylic acids is 1. The zero-order valence-electron chi connectivity index (χ0n) is 16.4. The van der Waals surface area contributed by atoms with Crippen molar-refractivity contribution in [1.82, 2.24) is 9.99 Å². The van der Waals surface area contributed by atoms with E-state index in [9.17, 15) is 4.79 Å². The molecule has 3 aromatic rings. The minimum atomic E-state index is -0.374. The fourth-order valence-corrected chi connectivity index (χ4v) is 3.38. The Balaban J connectivity index is 1.68. The maximum Gasteiger partial charge on any atom is 0.277 e. The van der Waals surface area contributed by atoms with Crippen molar-refractivity contribution >= 4 is 35.3 Å². The van der Waals surface area contributed by atoms with Crippen LogP contribution in [0.1, 0.15) is 22.5 Å². The topological polar surface area (TPSA) is 55.6 Å². The molecule has 0 saturated carbocycles. The van der Waals surface area contributed by atoms with E-state index < -0.39 is 0 Å². The summed E-state index contributed by atoms with van der Waals surface area (Å²) in [6, 6.07) is 14.8. The van der Waals surface area contributed by atoms with E-state index in [2.05, 4.69) is 15.1 Å². The minimum absolute atomic E-state index is 0.179. The van der Waals surface area contributed by atoms with Gasteiger partial charge in [0.1, 0.15) is 5.75 Å². The number of aromatic nitrogens is 1. The number of hydrogen-bond acceptors (Lipinski definition) is 3. The number of rotatable bonds is 6. The van der Waals surface area contributed by atoms with Crippen LogP contribution in [0.5, 0.6) is 5.75 Å². The van der Waals surface area contributed by atoms with Gasteiger partial charge in [-0.25, -0.2) is 5.43 Å². The molecular weight excluding hydrogens is 409 g/mol. The highest BCUT2D eigenvalue weighted by atomic mass is 35.5. The number of halogens is 2. The second kappa shape index (κ2) is 9.16. The lowest BCUT2D eigenvalue weighted by atomic mass is 10.2. The van der Waals surface area contributed by atoms with Crippen LogP contribution in [0.4, 0.5) is 0 Å². The summed E-state index contributed by atoms with van der Waals surface area (Å²) in [5.74, 6) is 0.0781. The Labute approximate surface area is 179 Å². The van der Waals surface area contributed by atoms with Gasteiger partial charge in [0.05, 0.1) is 11.2 Å². The van der Waals surface area contributed by atoms with Gasteiger partial charge in [-0.15, -0.1) is 0 Å². The summed E-state index contributed by atoms with van der Waals surface area (Å²) in [4.78, 5) is 12.0. The van der Waals surface area contributed by atoms with Crippen LogP contribution in [0.15, 0.2) is 53.6 Å². The Morgan fingerprint density at radius 3 is 2.66 bits per heavy atom. The molecule has 0 fully saturated rings. The monoisotopic (exact) mass is 429 g/mol. The first-order valence-corrected chi connectivity index (χ1v) is 9.77. The summed E-state index contributed by atoms with van der Waals surface area (Å²) in [5.41, 5.74) is 7.54. The molecule has 0 unspecified atom stereocenters. The van der Waals surface area contributed by atoms with Gasteiger partial charge in [-0.2, -0.15) is 5.10 Å². The Bertz CT molecular complexity index is 1070. The van der Waals surface area contributed by atoms with Gasteiger partial charge >= 0.3 is 0 Å². The molecule has 150 valence electrons. The zero-order valence-corrected chi connectivity index (χ0v) is 17.9. The van der Waals surface area contributed by atoms with Crippen molar-refractivity contribution in [2.75, 3.05) is 6.61 Å². The van der Waals surface area contributed by atoms with Crippen LogP contribution >= 0.6 is 23.2 Å². The SMILES string of the molecule is Cc1ccc(Cl)cc1-n1c(C)cc(/C=N\NC(=O)COc2ccccc2Cl)c1C. The van der Waals surface area contributed by atoms with E-state index in [0.717, 1.165) is 28.2 Å². The molecule has 7 heteroatoms. The van der Waals surface area contributed by atoms with Crippen molar-refractivity contribution in [3.8, 4) is 11.4 Å². The summed E-state index contributed by atoms with van der Waals surface area (Å²) in [5, 5.41) is 5.18. The Kier molecular flexibility index (Phi) is 6.62. The third-order valence-electron chi connectivity index (χ3n) is 4.47. The van der Waals surface area contributed by atoms with E-state index in [-0.39, 0.29) is 12.5 Å². The molecule has 1 heterocycles. The van der Waals surface area contributed by atoms with Gasteiger partial charge in [0, 0.05) is 27.7 Å². The maximum atomic E-state index is 12.0. The van der Waals surface area contributed by atoms with Gasteiger partial charge in [-0.1, -0.05) is 41.4 Å². The van der Waals surface area contributed by atoms with Crippen LogP contribution < -0.4 is 10.2 Å². The number of amides is 1. The van der Waals surface area contributed by atoms with E-state index in [1.165, 1.54) is 0 Å². The van der Waals surface area contributed by atoms with E-state index in [4.69, 9.17) is 27.9 Å². The molecule has 0 saturated heterocycles. The molecule has 0 aliphatic heterocycles. The molecule has 2 aromatic carbocycles. The normalized spacial score (nSPS) is 11.1. The summed E-state index contributed by atoms with van der Waals surface area (Å²) in [6.45, 7) is 5.87. The maximum absolute atomic E-state index is 12.0. The molecule has 5 nitrogen and oxygen atoms in total. The third kappa shape index (κ3) is 5.00. The van der Waals surface area contributed by atoms with Gasteiger partial charge in [0.2, 0.25) is 0 Å². The smallest absolute Gasteiger partial charge is 0.277 e. The molecule has 1 amide bonds. The van der Waals surface area contributed by atoms with E-state index in [0.29, 0.717) is 15.8 Å². The molecule has 1 aromatic heterocycles. The van der Waals surface area contributed by atoms with Crippen molar-refractivity contribution in [3.05, 3.63) is 81.1 Å². The number of hydrogen-bond donors (Lipinski definition) is 1. The summed E-state index contributed by atoms with van der Waals surface area (Å²) >= 11 is 12.2. The van der Waals surface area contributed by atoms with Gasteiger partial charge in [0.25, 0.3) is 5.91 Å². The van der Waals surface area contributed by atoms with Crippen LogP contribution in [-0.4, -0.2) is 23.3 Å². The Hall–Kier alpha value is -2.76. The van der Waals surface area contributed by atoms with Crippen molar-refractivity contribution in [1.29, 1.82) is 0 Å². The highest BCUT2D eigenvalue weighted by molar-refractivity contribution is 6.32. The summed E-state index contributed by atoms with van der Waals surface area (Å²) in [6.07, 6.45) is 1.62. The largest absolute Gasteiger partial charge is 0.482 e. The van der Waals surface area contributed by atoms with Crippen LogP contribution in [0.25, 0.3) is 5.69 Å². The van der Waals surface area contributed by atoms with Gasteiger partial charge in [-0.3, -0.25) is 4.79 Å². The number of benzene rings is 2. The predicted octanol–water partition coefficient (Wildman–Crippen LogP) is 5.24. The molecule has 3 rings (SSSR count). The van der Waals surface area contributed by atoms with E-state index in [1.54, 1.807) is 30.5 Å². The molecule has 1 N–H and O–H groups in total. The highest BCUT2D eigenvalue weighted by Crippen LogP contribution is 2.25. The number of carbonyl (C=O) groups is 1. The minimum Gasteiger partial charge on any atom is -0.482 e. The molecule has 0 spiro atoms. The van der Waals surface area contributed by atoms with Crippen molar-refractivity contribution < 1.29 is 9.53 Å². The van der Waals surface area contributed by atoms with Gasteiger partial charge < -0.3 is 9.30 Å². The fourth-order valence-electron chi connectivity index (χ4n) is 3.02. The van der Waals surface area contributed by atoms with E-state index in [1.807, 2.05) is 45.0 Å². The summed E-state index contributed by atoms with van der Waals surface area (Å²) < 4.78 is 7.51.